The molecule has 0 saturated carbocycles. The molecule has 0 aliphatic carbocycles. The number of likely N-dealkylation sites (N-methyl/N-ethyl adjacent to an activating group) is 1. The molecule has 91 valence electrons. The van der Waals surface area contributed by atoms with Gasteiger partial charge in [0, 0.05) is 12.5 Å². The smallest absolute Gasteiger partial charge is 0.235 e. The maximum atomic E-state index is 13.3. The number of nitrogens with zero attached hydrogens (tertiary/aromatic N) is 1. The highest BCUT2D eigenvalue weighted by molar-refractivity contribution is 6.30. The number of amides is 1. The largest absolute Gasteiger partial charge is 0.368 e. The average Bonchev–Trinajstić information content (AvgIpc) is 2.64. The van der Waals surface area contributed by atoms with Gasteiger partial charge in [-0.1, -0.05) is 17.7 Å². The van der Waals surface area contributed by atoms with Crippen LogP contribution in [0.2, 0.25) is 5.02 Å². The van der Waals surface area contributed by atoms with Gasteiger partial charge in [-0.25, -0.2) is 4.39 Å². The lowest BCUT2D eigenvalue weighted by Gasteiger charge is -2.14. The Morgan fingerprint density at radius 2 is 2.29 bits per heavy atom. The molecule has 5 heteroatoms. The maximum absolute atomic E-state index is 13.3. The summed E-state index contributed by atoms with van der Waals surface area (Å²) in [5, 5.41) is 0.103. The molecule has 0 spiro atoms. The Morgan fingerprint density at radius 3 is 2.82 bits per heavy atom. The van der Waals surface area contributed by atoms with Gasteiger partial charge in [-0.15, -0.1) is 0 Å². The first-order valence-corrected chi connectivity index (χ1v) is 5.66. The zero-order chi connectivity index (χ0) is 12.6. The highest BCUT2D eigenvalue weighted by Crippen LogP contribution is 2.31. The van der Waals surface area contributed by atoms with Crippen LogP contribution in [0, 0.1) is 12.2 Å². The average molecular weight is 256 g/mol. The molecular weight excluding hydrogens is 243 g/mol. The summed E-state index contributed by atoms with van der Waals surface area (Å²) in [4.78, 5) is 13.0. The van der Waals surface area contributed by atoms with Crippen LogP contribution >= 0.6 is 11.6 Å². The Hall–Kier alpha value is -1.13. The number of halogens is 2. The van der Waals surface area contributed by atoms with E-state index in [2.05, 4.69) is 0 Å². The normalized spacial score (nSPS) is 25.1. The van der Waals surface area contributed by atoms with Crippen LogP contribution < -0.4 is 5.73 Å². The van der Waals surface area contributed by atoms with E-state index in [1.165, 1.54) is 12.1 Å². The van der Waals surface area contributed by atoms with Crippen LogP contribution in [0.4, 0.5) is 4.39 Å². The topological polar surface area (TPSA) is 46.3 Å². The van der Waals surface area contributed by atoms with Gasteiger partial charge in [0.2, 0.25) is 5.91 Å². The van der Waals surface area contributed by atoms with Crippen molar-refractivity contribution in [3.8, 4) is 0 Å². The zero-order valence-corrected chi connectivity index (χ0v) is 10.1. The first-order chi connectivity index (χ1) is 7.99. The van der Waals surface area contributed by atoms with E-state index in [1.807, 2.05) is 18.4 Å². The predicted molar refractivity (Wildman–Crippen MR) is 64.1 cm³/mol. The van der Waals surface area contributed by atoms with Crippen molar-refractivity contribution >= 4 is 17.5 Å². The number of nitrogens with two attached hydrogens (primary N) is 1. The molecule has 0 bridgehead atoms. The summed E-state index contributed by atoms with van der Waals surface area (Å²) < 4.78 is 13.3. The van der Waals surface area contributed by atoms with Crippen LogP contribution in [0.3, 0.4) is 0 Å². The van der Waals surface area contributed by atoms with E-state index in [1.54, 1.807) is 6.07 Å². The molecule has 1 aromatic carbocycles. The highest BCUT2D eigenvalue weighted by atomic mass is 35.5. The van der Waals surface area contributed by atoms with E-state index in [4.69, 9.17) is 17.3 Å². The molecule has 2 N–H and O–H groups in total. The number of carbonyl (C=O) groups excluding carboxylic acids is 1. The third kappa shape index (κ3) is 2.42. The quantitative estimate of drug-likeness (QED) is 0.872. The van der Waals surface area contributed by atoms with Gasteiger partial charge in [0.25, 0.3) is 0 Å². The van der Waals surface area contributed by atoms with Crippen molar-refractivity contribution in [2.45, 2.75) is 12.0 Å². The summed E-state index contributed by atoms with van der Waals surface area (Å²) in [5.41, 5.74) is 6.08. The third-order valence-electron chi connectivity index (χ3n) is 3.04. The summed E-state index contributed by atoms with van der Waals surface area (Å²) in [6.45, 7) is 0.647. The molecular formula is C12H13ClFN2O. The van der Waals surface area contributed by atoms with E-state index in [0.29, 0.717) is 6.54 Å². The monoisotopic (exact) mass is 255 g/mol. The fourth-order valence-electron chi connectivity index (χ4n) is 2.12. The maximum Gasteiger partial charge on any atom is 0.235 e. The zero-order valence-electron chi connectivity index (χ0n) is 9.36. The molecule has 1 radical (unpaired) electrons. The molecule has 1 unspecified atom stereocenters. The van der Waals surface area contributed by atoms with Crippen LogP contribution in [0.25, 0.3) is 0 Å². The Morgan fingerprint density at radius 1 is 1.59 bits per heavy atom. The van der Waals surface area contributed by atoms with Crippen molar-refractivity contribution in [1.82, 2.24) is 4.90 Å². The van der Waals surface area contributed by atoms with Crippen LogP contribution in [0.15, 0.2) is 18.2 Å². The summed E-state index contributed by atoms with van der Waals surface area (Å²) >= 11 is 5.63. The van der Waals surface area contributed by atoms with Crippen LogP contribution in [0.5, 0.6) is 0 Å². The number of likely N-dealkylation sites (tertiary alicyclic amines) is 1. The molecule has 0 aromatic heterocycles. The highest BCUT2D eigenvalue weighted by Gasteiger charge is 2.34. The van der Waals surface area contributed by atoms with Gasteiger partial charge in [0.05, 0.1) is 11.1 Å². The van der Waals surface area contributed by atoms with Gasteiger partial charge in [-0.3, -0.25) is 9.69 Å². The third-order valence-corrected chi connectivity index (χ3v) is 3.34. The molecule has 1 fully saturated rings. The molecule has 2 atom stereocenters. The number of hydrogen-bond donors (Lipinski definition) is 1. The van der Waals surface area contributed by atoms with E-state index >= 15 is 0 Å². The molecule has 17 heavy (non-hydrogen) atoms. The standard InChI is InChI=1S/C12H13ClFN2O/c1-16-6-8(5-11(16)12(15)17)7-2-3-9(13)10(14)4-7/h2-5,8,11H,6H2,1H3,(H2,15,17)/t8-,11?/m0/s1. The fourth-order valence-corrected chi connectivity index (χ4v) is 2.24. The Bertz CT molecular complexity index is 452. The Labute approximate surface area is 104 Å². The summed E-state index contributed by atoms with van der Waals surface area (Å²) in [6, 6.07) is 4.31. The van der Waals surface area contributed by atoms with Crippen molar-refractivity contribution in [3.05, 3.63) is 41.0 Å². The molecule has 1 aromatic rings. The Balaban J connectivity index is 2.19. The Kier molecular flexibility index (Phi) is 3.35. The van der Waals surface area contributed by atoms with Gasteiger partial charge < -0.3 is 5.73 Å². The second-order valence-electron chi connectivity index (χ2n) is 4.26. The lowest BCUT2D eigenvalue weighted by molar-refractivity contribution is -0.120. The van der Waals surface area contributed by atoms with Gasteiger partial charge in [-0.2, -0.15) is 0 Å². The van der Waals surface area contributed by atoms with E-state index in [-0.39, 0.29) is 16.8 Å². The number of primary amides is 1. The lowest BCUT2D eigenvalue weighted by atomic mass is 9.96. The number of hydrogen-bond acceptors (Lipinski definition) is 2. The predicted octanol–water partition coefficient (Wildman–Crippen LogP) is 1.57. The van der Waals surface area contributed by atoms with Crippen LogP contribution in [-0.4, -0.2) is 30.4 Å². The summed E-state index contributed by atoms with van der Waals surface area (Å²) in [6.07, 6.45) is 1.84. The van der Waals surface area contributed by atoms with E-state index in [0.717, 1.165) is 5.56 Å². The SMILES string of the molecule is CN1C[C@@H](c2ccc(Cl)c(F)c2)[CH]C1C(N)=O. The molecule has 1 saturated heterocycles. The van der Waals surface area contributed by atoms with Crippen molar-refractivity contribution in [2.75, 3.05) is 13.6 Å². The van der Waals surface area contributed by atoms with Gasteiger partial charge in [-0.05, 0) is 31.2 Å². The summed E-state index contributed by atoms with van der Waals surface area (Å²) in [7, 11) is 1.82. The summed E-state index contributed by atoms with van der Waals surface area (Å²) in [5.74, 6) is -0.823. The number of carbonyl (C=O) groups is 1. The number of benzene rings is 1. The molecule has 1 aliphatic heterocycles. The van der Waals surface area contributed by atoms with Gasteiger partial charge >= 0.3 is 0 Å². The van der Waals surface area contributed by atoms with Crippen molar-refractivity contribution in [2.24, 2.45) is 5.73 Å². The first-order valence-electron chi connectivity index (χ1n) is 5.28. The van der Waals surface area contributed by atoms with E-state index < -0.39 is 11.9 Å². The number of rotatable bonds is 2. The minimum absolute atomic E-state index is 0.00395. The lowest BCUT2D eigenvalue weighted by Crippen LogP contribution is -2.37. The van der Waals surface area contributed by atoms with Crippen LogP contribution in [-0.2, 0) is 4.79 Å². The molecule has 1 aliphatic rings. The van der Waals surface area contributed by atoms with Crippen molar-refractivity contribution in [1.29, 1.82) is 0 Å². The van der Waals surface area contributed by atoms with Crippen molar-refractivity contribution in [3.63, 3.8) is 0 Å². The molecule has 1 amide bonds. The minimum atomic E-state index is -0.442. The molecule has 2 rings (SSSR count). The second kappa shape index (κ2) is 4.63. The second-order valence-corrected chi connectivity index (χ2v) is 4.67. The first kappa shape index (κ1) is 12.3. The van der Waals surface area contributed by atoms with Gasteiger partial charge in [0.1, 0.15) is 5.82 Å². The van der Waals surface area contributed by atoms with Crippen LogP contribution in [0.1, 0.15) is 11.5 Å². The minimum Gasteiger partial charge on any atom is -0.368 e. The fraction of sp³-hybridized carbons (Fsp3) is 0.333. The molecule has 1 heterocycles. The molecule has 3 nitrogen and oxygen atoms in total. The van der Waals surface area contributed by atoms with Gasteiger partial charge in [0.15, 0.2) is 0 Å². The van der Waals surface area contributed by atoms with Crippen molar-refractivity contribution < 1.29 is 9.18 Å². The van der Waals surface area contributed by atoms with E-state index in [9.17, 15) is 9.18 Å².